The standard InChI is InChI=1S/C24H28ClN5O2/c1-2-22-23(31)29(24(28-18-26)30(22)20-12-14-27-15-13-20)16-6-4-3-5-7-17-32-21-10-8-19(25)9-11-21/h8-15,22H,2-7,16-17H2,1H3. The number of carbonyl (C=O) groups is 1. The highest BCUT2D eigenvalue weighted by molar-refractivity contribution is 6.30. The largest absolute Gasteiger partial charge is 0.494 e. The van der Waals surface area contributed by atoms with Gasteiger partial charge in [-0.05, 0) is 55.7 Å². The van der Waals surface area contributed by atoms with Crippen molar-refractivity contribution in [2.24, 2.45) is 4.99 Å². The molecule has 7 nitrogen and oxygen atoms in total. The highest BCUT2D eigenvalue weighted by atomic mass is 35.5. The number of carbonyl (C=O) groups excluding carboxylic acids is 1. The number of nitriles is 1. The summed E-state index contributed by atoms with van der Waals surface area (Å²) in [7, 11) is 0. The first-order valence-electron chi connectivity index (χ1n) is 11.0. The van der Waals surface area contributed by atoms with E-state index in [-0.39, 0.29) is 11.9 Å². The van der Waals surface area contributed by atoms with Crippen LogP contribution in [0.4, 0.5) is 5.69 Å². The van der Waals surface area contributed by atoms with Gasteiger partial charge in [0.15, 0.2) is 0 Å². The number of halogens is 1. The van der Waals surface area contributed by atoms with E-state index in [9.17, 15) is 10.1 Å². The molecule has 3 rings (SSSR count). The molecule has 1 saturated heterocycles. The first kappa shape index (κ1) is 23.6. The normalized spacial score (nSPS) is 17.1. The number of hydrogen-bond acceptors (Lipinski definition) is 5. The van der Waals surface area contributed by atoms with Crippen molar-refractivity contribution in [3.63, 3.8) is 0 Å². The van der Waals surface area contributed by atoms with E-state index in [0.29, 0.717) is 30.6 Å². The molecule has 0 saturated carbocycles. The van der Waals surface area contributed by atoms with Crippen molar-refractivity contribution < 1.29 is 9.53 Å². The Bertz CT molecular complexity index is 943. The number of amides is 1. The van der Waals surface area contributed by atoms with Crippen molar-refractivity contribution in [1.82, 2.24) is 9.88 Å². The Hall–Kier alpha value is -3.11. The summed E-state index contributed by atoms with van der Waals surface area (Å²) in [6.07, 6.45) is 10.8. The fourth-order valence-corrected chi connectivity index (χ4v) is 3.93. The zero-order valence-electron chi connectivity index (χ0n) is 18.3. The summed E-state index contributed by atoms with van der Waals surface area (Å²) < 4.78 is 5.71. The van der Waals surface area contributed by atoms with Crippen molar-refractivity contribution >= 4 is 29.2 Å². The highest BCUT2D eigenvalue weighted by Crippen LogP contribution is 2.27. The molecule has 1 atom stereocenters. The van der Waals surface area contributed by atoms with E-state index >= 15 is 0 Å². The Labute approximate surface area is 194 Å². The maximum absolute atomic E-state index is 13.0. The summed E-state index contributed by atoms with van der Waals surface area (Å²) in [5, 5.41) is 9.91. The van der Waals surface area contributed by atoms with Gasteiger partial charge in [-0.1, -0.05) is 37.8 Å². The topological polar surface area (TPSA) is 81.8 Å². The van der Waals surface area contributed by atoms with E-state index in [1.165, 1.54) is 0 Å². The van der Waals surface area contributed by atoms with E-state index in [1.807, 2.05) is 54.4 Å². The predicted octanol–water partition coefficient (Wildman–Crippen LogP) is 5.03. The number of aliphatic imine (C=N–C) groups is 1. The Balaban J connectivity index is 1.45. The third-order valence-corrected chi connectivity index (χ3v) is 5.66. The molecule has 168 valence electrons. The van der Waals surface area contributed by atoms with Gasteiger partial charge in [0.1, 0.15) is 11.8 Å². The minimum Gasteiger partial charge on any atom is -0.494 e. The van der Waals surface area contributed by atoms with Crippen LogP contribution >= 0.6 is 11.6 Å². The quantitative estimate of drug-likeness (QED) is 0.352. The lowest BCUT2D eigenvalue weighted by Crippen LogP contribution is -2.36. The lowest BCUT2D eigenvalue weighted by molar-refractivity contribution is -0.127. The third kappa shape index (κ3) is 5.98. The molecule has 1 aromatic heterocycles. The molecule has 32 heavy (non-hydrogen) atoms. The van der Waals surface area contributed by atoms with Crippen LogP contribution in [-0.4, -0.2) is 40.9 Å². The van der Waals surface area contributed by atoms with Crippen LogP contribution in [0.2, 0.25) is 5.02 Å². The second-order valence-corrected chi connectivity index (χ2v) is 8.01. The molecule has 0 aliphatic carbocycles. The number of pyridine rings is 1. The van der Waals surface area contributed by atoms with Gasteiger partial charge in [-0.25, -0.2) is 0 Å². The van der Waals surface area contributed by atoms with Gasteiger partial charge in [-0.3, -0.25) is 19.6 Å². The van der Waals surface area contributed by atoms with Crippen molar-refractivity contribution in [3.05, 3.63) is 53.8 Å². The Morgan fingerprint density at radius 2 is 1.78 bits per heavy atom. The molecule has 2 heterocycles. The molecule has 0 radical (unpaired) electrons. The van der Waals surface area contributed by atoms with Gasteiger partial charge < -0.3 is 4.74 Å². The summed E-state index contributed by atoms with van der Waals surface area (Å²) in [4.78, 5) is 24.6. The van der Waals surface area contributed by atoms with E-state index in [4.69, 9.17) is 16.3 Å². The van der Waals surface area contributed by atoms with Crippen molar-refractivity contribution in [1.29, 1.82) is 5.26 Å². The van der Waals surface area contributed by atoms with E-state index in [2.05, 4.69) is 9.98 Å². The smallest absolute Gasteiger partial charge is 0.252 e. The number of hydrogen-bond donors (Lipinski definition) is 0. The lowest BCUT2D eigenvalue weighted by atomic mass is 10.1. The van der Waals surface area contributed by atoms with Crippen LogP contribution in [0.3, 0.4) is 0 Å². The van der Waals surface area contributed by atoms with Crippen LogP contribution in [0.25, 0.3) is 0 Å². The van der Waals surface area contributed by atoms with Gasteiger partial charge in [-0.15, -0.1) is 4.99 Å². The maximum Gasteiger partial charge on any atom is 0.252 e. The van der Waals surface area contributed by atoms with Gasteiger partial charge >= 0.3 is 0 Å². The van der Waals surface area contributed by atoms with Gasteiger partial charge in [0, 0.05) is 29.6 Å². The summed E-state index contributed by atoms with van der Waals surface area (Å²) >= 11 is 5.87. The fraction of sp³-hybridized carbons (Fsp3) is 0.417. The van der Waals surface area contributed by atoms with Gasteiger partial charge in [-0.2, -0.15) is 5.26 Å². The minimum atomic E-state index is -0.352. The van der Waals surface area contributed by atoms with Crippen LogP contribution < -0.4 is 9.64 Å². The van der Waals surface area contributed by atoms with E-state index in [0.717, 1.165) is 43.5 Å². The van der Waals surface area contributed by atoms with Crippen LogP contribution in [-0.2, 0) is 4.79 Å². The van der Waals surface area contributed by atoms with Gasteiger partial charge in [0.2, 0.25) is 12.2 Å². The first-order chi connectivity index (χ1) is 15.7. The highest BCUT2D eigenvalue weighted by Gasteiger charge is 2.43. The second kappa shape index (κ2) is 12.1. The molecule has 1 aliphatic heterocycles. The SMILES string of the molecule is CCC1C(=O)N(CCCCCCCOc2ccc(Cl)cc2)C(=NC#N)N1c1ccncc1. The van der Waals surface area contributed by atoms with Gasteiger partial charge in [0.25, 0.3) is 5.91 Å². The fourth-order valence-electron chi connectivity index (χ4n) is 3.81. The summed E-state index contributed by atoms with van der Waals surface area (Å²) in [5.41, 5.74) is 0.817. The van der Waals surface area contributed by atoms with E-state index < -0.39 is 0 Å². The Morgan fingerprint density at radius 3 is 2.47 bits per heavy atom. The molecule has 8 heteroatoms. The maximum atomic E-state index is 13.0. The molecule has 0 bridgehead atoms. The molecule has 1 aromatic carbocycles. The zero-order valence-corrected chi connectivity index (χ0v) is 19.0. The molecule has 1 unspecified atom stereocenters. The molecule has 1 fully saturated rings. The number of nitrogens with zero attached hydrogens (tertiary/aromatic N) is 5. The van der Waals surface area contributed by atoms with Gasteiger partial charge in [0.05, 0.1) is 6.61 Å². The lowest BCUT2D eigenvalue weighted by Gasteiger charge is -2.23. The van der Waals surface area contributed by atoms with Crippen molar-refractivity contribution in [2.45, 2.75) is 51.5 Å². The van der Waals surface area contributed by atoms with Crippen molar-refractivity contribution in [3.8, 4) is 11.9 Å². The average Bonchev–Trinajstić information content (AvgIpc) is 3.08. The number of aromatic nitrogens is 1. The molecular weight excluding hydrogens is 426 g/mol. The molecule has 0 N–H and O–H groups in total. The number of unbranched alkanes of at least 4 members (excludes halogenated alkanes) is 4. The summed E-state index contributed by atoms with van der Waals surface area (Å²) in [5.74, 6) is 1.23. The number of ether oxygens (including phenoxy) is 1. The van der Waals surface area contributed by atoms with Crippen LogP contribution in [0, 0.1) is 11.5 Å². The zero-order chi connectivity index (χ0) is 22.8. The summed E-state index contributed by atoms with van der Waals surface area (Å²) in [6.45, 7) is 3.19. The molecule has 1 amide bonds. The monoisotopic (exact) mass is 453 g/mol. The number of benzene rings is 1. The summed E-state index contributed by atoms with van der Waals surface area (Å²) in [6, 6.07) is 10.7. The molecule has 1 aliphatic rings. The predicted molar refractivity (Wildman–Crippen MR) is 126 cm³/mol. The molecular formula is C24H28ClN5O2. The van der Waals surface area contributed by atoms with Crippen molar-refractivity contribution in [2.75, 3.05) is 18.1 Å². The van der Waals surface area contributed by atoms with Crippen LogP contribution in [0.1, 0.15) is 45.4 Å². The Kier molecular flexibility index (Phi) is 8.88. The number of rotatable bonds is 11. The van der Waals surface area contributed by atoms with Crippen LogP contribution in [0.5, 0.6) is 5.75 Å². The Morgan fingerprint density at radius 1 is 1.09 bits per heavy atom. The second-order valence-electron chi connectivity index (χ2n) is 7.57. The minimum absolute atomic E-state index is 0.00493. The molecule has 0 spiro atoms. The number of anilines is 1. The van der Waals surface area contributed by atoms with E-state index in [1.54, 1.807) is 17.3 Å². The van der Waals surface area contributed by atoms with Crippen LogP contribution in [0.15, 0.2) is 53.8 Å². The first-order valence-corrected chi connectivity index (χ1v) is 11.4. The number of guanidine groups is 1. The third-order valence-electron chi connectivity index (χ3n) is 5.41. The average molecular weight is 454 g/mol. The molecule has 2 aromatic rings.